The molecule has 112 valence electrons. The van der Waals surface area contributed by atoms with E-state index in [1.165, 1.54) is 11.3 Å². The quantitative estimate of drug-likeness (QED) is 0.553. The third-order valence-corrected chi connectivity index (χ3v) is 3.59. The predicted octanol–water partition coefficient (Wildman–Crippen LogP) is 0.479. The topological polar surface area (TPSA) is 74.5 Å². The van der Waals surface area contributed by atoms with Crippen LogP contribution in [0.1, 0.15) is 37.6 Å². The molecule has 0 spiro atoms. The molecule has 0 amide bonds. The van der Waals surface area contributed by atoms with Gasteiger partial charge in [0.15, 0.2) is 5.96 Å². The Morgan fingerprint density at radius 1 is 1.60 bits per heavy atom. The van der Waals surface area contributed by atoms with Crippen LogP contribution in [0.2, 0.25) is 0 Å². The molecule has 1 aliphatic rings. The van der Waals surface area contributed by atoms with Crippen LogP contribution in [0.15, 0.2) is 11.2 Å². The standard InChI is InChI=1S/C14H25N5O/c1-10(2)19-9-11-4-5-12(8-13(11)18-19)17-14(15-3)16-6-7-20/h9-10,12,20H,4-8H2,1-3H3,(H2,15,16,17). The highest BCUT2D eigenvalue weighted by atomic mass is 16.3. The van der Waals surface area contributed by atoms with Crippen molar-refractivity contribution in [2.24, 2.45) is 4.99 Å². The third kappa shape index (κ3) is 3.50. The van der Waals surface area contributed by atoms with Crippen molar-refractivity contribution in [2.75, 3.05) is 20.2 Å². The molecule has 0 fully saturated rings. The molecular formula is C14H25N5O. The van der Waals surface area contributed by atoms with Gasteiger partial charge in [0.2, 0.25) is 0 Å². The molecule has 1 aromatic heterocycles. The average molecular weight is 279 g/mol. The Hall–Kier alpha value is -1.56. The van der Waals surface area contributed by atoms with Crippen LogP contribution in [0.4, 0.5) is 0 Å². The number of aliphatic hydroxyl groups is 1. The molecular weight excluding hydrogens is 254 g/mol. The molecule has 0 bridgehead atoms. The van der Waals surface area contributed by atoms with Crippen LogP contribution < -0.4 is 10.6 Å². The van der Waals surface area contributed by atoms with E-state index in [1.807, 2.05) is 4.68 Å². The Kier molecular flexibility index (Phi) is 5.00. The molecule has 6 heteroatoms. The van der Waals surface area contributed by atoms with Crippen LogP contribution in [-0.4, -0.2) is 47.1 Å². The van der Waals surface area contributed by atoms with E-state index in [0.29, 0.717) is 18.6 Å². The second-order valence-corrected chi connectivity index (χ2v) is 5.48. The minimum Gasteiger partial charge on any atom is -0.395 e. The molecule has 6 nitrogen and oxygen atoms in total. The predicted molar refractivity (Wildman–Crippen MR) is 80.0 cm³/mol. The monoisotopic (exact) mass is 279 g/mol. The number of aliphatic imine (C=N–C) groups is 1. The first-order valence-corrected chi connectivity index (χ1v) is 7.29. The van der Waals surface area contributed by atoms with Crippen molar-refractivity contribution in [3.05, 3.63) is 17.5 Å². The highest BCUT2D eigenvalue weighted by Gasteiger charge is 2.22. The molecule has 0 saturated heterocycles. The maximum Gasteiger partial charge on any atom is 0.191 e. The summed E-state index contributed by atoms with van der Waals surface area (Å²) in [6.07, 6.45) is 5.23. The van der Waals surface area contributed by atoms with E-state index in [1.54, 1.807) is 7.05 Å². The van der Waals surface area contributed by atoms with Crippen molar-refractivity contribution >= 4 is 5.96 Å². The molecule has 1 unspecified atom stereocenters. The van der Waals surface area contributed by atoms with Gasteiger partial charge in [0.1, 0.15) is 0 Å². The summed E-state index contributed by atoms with van der Waals surface area (Å²) < 4.78 is 2.05. The molecule has 0 saturated carbocycles. The summed E-state index contributed by atoms with van der Waals surface area (Å²) in [5.74, 6) is 0.746. The van der Waals surface area contributed by atoms with Crippen LogP contribution in [0, 0.1) is 0 Å². The van der Waals surface area contributed by atoms with E-state index in [-0.39, 0.29) is 6.61 Å². The Labute approximate surface area is 120 Å². The Morgan fingerprint density at radius 3 is 3.05 bits per heavy atom. The van der Waals surface area contributed by atoms with Crippen LogP contribution in [-0.2, 0) is 12.8 Å². The van der Waals surface area contributed by atoms with Gasteiger partial charge in [-0.15, -0.1) is 0 Å². The van der Waals surface area contributed by atoms with Gasteiger partial charge in [-0.3, -0.25) is 9.67 Å². The summed E-state index contributed by atoms with van der Waals surface area (Å²) >= 11 is 0. The van der Waals surface area contributed by atoms with Crippen LogP contribution >= 0.6 is 0 Å². The van der Waals surface area contributed by atoms with Crippen molar-refractivity contribution < 1.29 is 5.11 Å². The highest BCUT2D eigenvalue weighted by molar-refractivity contribution is 5.80. The second-order valence-electron chi connectivity index (χ2n) is 5.48. The molecule has 1 atom stereocenters. The Bertz CT molecular complexity index is 466. The first kappa shape index (κ1) is 14.8. The van der Waals surface area contributed by atoms with Gasteiger partial charge in [-0.25, -0.2) is 0 Å². The molecule has 2 rings (SSSR count). The van der Waals surface area contributed by atoms with E-state index in [9.17, 15) is 0 Å². The second kappa shape index (κ2) is 6.74. The first-order chi connectivity index (χ1) is 9.63. The molecule has 1 aromatic rings. The number of fused-ring (bicyclic) bond motifs is 1. The van der Waals surface area contributed by atoms with Crippen molar-refractivity contribution in [3.8, 4) is 0 Å². The maximum absolute atomic E-state index is 8.84. The summed E-state index contributed by atoms with van der Waals surface area (Å²) in [5.41, 5.74) is 2.56. The number of hydrogen-bond donors (Lipinski definition) is 3. The van der Waals surface area contributed by atoms with Gasteiger partial charge in [0.05, 0.1) is 12.3 Å². The molecule has 0 radical (unpaired) electrons. The highest BCUT2D eigenvalue weighted by Crippen LogP contribution is 2.21. The number of rotatable bonds is 4. The van der Waals surface area contributed by atoms with Crippen LogP contribution in [0.5, 0.6) is 0 Å². The molecule has 0 aromatic carbocycles. The summed E-state index contributed by atoms with van der Waals surface area (Å²) in [6.45, 7) is 4.91. The SMILES string of the molecule is CN=C(NCCO)NC1CCc2cn(C(C)C)nc2C1. The van der Waals surface area contributed by atoms with Gasteiger partial charge < -0.3 is 15.7 Å². The summed E-state index contributed by atoms with van der Waals surface area (Å²) in [7, 11) is 1.74. The lowest BCUT2D eigenvalue weighted by Gasteiger charge is -2.24. The van der Waals surface area contributed by atoms with Gasteiger partial charge in [0, 0.05) is 38.3 Å². The van der Waals surface area contributed by atoms with E-state index in [0.717, 1.165) is 25.2 Å². The number of aryl methyl sites for hydroxylation is 1. The first-order valence-electron chi connectivity index (χ1n) is 7.29. The zero-order chi connectivity index (χ0) is 14.5. The Balaban J connectivity index is 1.96. The van der Waals surface area contributed by atoms with Crippen molar-refractivity contribution in [3.63, 3.8) is 0 Å². The van der Waals surface area contributed by atoms with E-state index >= 15 is 0 Å². The average Bonchev–Trinajstić information content (AvgIpc) is 2.86. The van der Waals surface area contributed by atoms with Gasteiger partial charge >= 0.3 is 0 Å². The van der Waals surface area contributed by atoms with Gasteiger partial charge in [-0.2, -0.15) is 5.10 Å². The fourth-order valence-electron chi connectivity index (χ4n) is 2.46. The lowest BCUT2D eigenvalue weighted by atomic mass is 9.94. The van der Waals surface area contributed by atoms with Gasteiger partial charge in [-0.1, -0.05) is 0 Å². The van der Waals surface area contributed by atoms with Crippen LogP contribution in [0.3, 0.4) is 0 Å². The number of guanidine groups is 1. The van der Waals surface area contributed by atoms with Crippen molar-refractivity contribution in [1.29, 1.82) is 0 Å². The largest absolute Gasteiger partial charge is 0.395 e. The minimum atomic E-state index is 0.105. The molecule has 3 N–H and O–H groups in total. The lowest BCUT2D eigenvalue weighted by molar-refractivity contribution is 0.299. The molecule has 1 heterocycles. The molecule has 1 aliphatic carbocycles. The van der Waals surface area contributed by atoms with Gasteiger partial charge in [0.25, 0.3) is 0 Å². The zero-order valence-electron chi connectivity index (χ0n) is 12.6. The zero-order valence-corrected chi connectivity index (χ0v) is 12.6. The normalized spacial score (nSPS) is 19.1. The minimum absolute atomic E-state index is 0.105. The number of nitrogens with zero attached hydrogens (tertiary/aromatic N) is 3. The number of nitrogens with one attached hydrogen (secondary N) is 2. The van der Waals surface area contributed by atoms with E-state index in [4.69, 9.17) is 5.11 Å². The fourth-order valence-corrected chi connectivity index (χ4v) is 2.46. The van der Waals surface area contributed by atoms with Gasteiger partial charge in [-0.05, 0) is 32.3 Å². The number of hydrogen-bond acceptors (Lipinski definition) is 3. The van der Waals surface area contributed by atoms with E-state index in [2.05, 4.69) is 40.8 Å². The van der Waals surface area contributed by atoms with Crippen molar-refractivity contribution in [2.45, 2.75) is 45.2 Å². The fraction of sp³-hybridized carbons (Fsp3) is 0.714. The third-order valence-electron chi connectivity index (χ3n) is 3.59. The smallest absolute Gasteiger partial charge is 0.191 e. The number of aliphatic hydroxyl groups excluding tert-OH is 1. The van der Waals surface area contributed by atoms with E-state index < -0.39 is 0 Å². The van der Waals surface area contributed by atoms with Crippen LogP contribution in [0.25, 0.3) is 0 Å². The maximum atomic E-state index is 8.84. The molecule has 20 heavy (non-hydrogen) atoms. The number of aromatic nitrogens is 2. The summed E-state index contributed by atoms with van der Waals surface area (Å²) in [5, 5.41) is 20.0. The summed E-state index contributed by atoms with van der Waals surface area (Å²) in [6, 6.07) is 0.758. The van der Waals surface area contributed by atoms with Crippen molar-refractivity contribution in [1.82, 2.24) is 20.4 Å². The molecule has 0 aliphatic heterocycles. The summed E-state index contributed by atoms with van der Waals surface area (Å²) in [4.78, 5) is 4.17. The lowest BCUT2D eigenvalue weighted by Crippen LogP contribution is -2.46. The Morgan fingerprint density at radius 2 is 2.40 bits per heavy atom.